The van der Waals surface area contributed by atoms with E-state index in [1.807, 2.05) is 48.7 Å². The highest BCUT2D eigenvalue weighted by Gasteiger charge is 2.15. The van der Waals surface area contributed by atoms with Crippen LogP contribution in [0, 0.1) is 6.92 Å². The molecule has 4 rings (SSSR count). The Morgan fingerprint density at radius 1 is 1.24 bits per heavy atom. The van der Waals surface area contributed by atoms with E-state index in [1.54, 1.807) is 16.9 Å². The molecule has 0 bridgehead atoms. The summed E-state index contributed by atoms with van der Waals surface area (Å²) in [5.41, 5.74) is 2.75. The SMILES string of the molecule is Cc1ccc(CNC(=O)CSc2nc3ccsc3c(=O)n2Cc2ccco2)cc1. The number of aryl methyl sites for hydroxylation is 1. The molecule has 0 atom stereocenters. The van der Waals surface area contributed by atoms with E-state index in [9.17, 15) is 9.59 Å². The summed E-state index contributed by atoms with van der Waals surface area (Å²) in [5, 5.41) is 5.26. The highest BCUT2D eigenvalue weighted by molar-refractivity contribution is 7.99. The van der Waals surface area contributed by atoms with Crippen molar-refractivity contribution in [3.05, 3.63) is 81.3 Å². The Kier molecular flexibility index (Phi) is 5.82. The van der Waals surface area contributed by atoms with E-state index in [4.69, 9.17) is 4.42 Å². The fourth-order valence-corrected chi connectivity index (χ4v) is 4.43. The molecular weight excluding hydrogens is 406 g/mol. The minimum atomic E-state index is -0.121. The van der Waals surface area contributed by atoms with Gasteiger partial charge in [-0.3, -0.25) is 14.2 Å². The lowest BCUT2D eigenvalue weighted by molar-refractivity contribution is -0.118. The second kappa shape index (κ2) is 8.67. The standard InChI is InChI=1S/C21H19N3O3S2/c1-14-4-6-15(7-5-14)11-22-18(25)13-29-21-23-17-8-10-28-19(17)20(26)24(21)12-16-3-2-9-27-16/h2-10H,11-13H2,1H3,(H,22,25). The van der Waals surface area contributed by atoms with Crippen molar-refractivity contribution in [2.75, 3.05) is 5.75 Å². The molecule has 6 nitrogen and oxygen atoms in total. The first-order valence-corrected chi connectivity index (χ1v) is 10.9. The molecular formula is C21H19N3O3S2. The summed E-state index contributed by atoms with van der Waals surface area (Å²) in [6, 6.07) is 13.4. The van der Waals surface area contributed by atoms with Crippen LogP contribution in [0.5, 0.6) is 0 Å². The Morgan fingerprint density at radius 3 is 2.83 bits per heavy atom. The van der Waals surface area contributed by atoms with Crippen LogP contribution in [0.15, 0.2) is 68.5 Å². The normalized spacial score (nSPS) is 11.1. The quantitative estimate of drug-likeness (QED) is 0.360. The molecule has 4 aromatic rings. The van der Waals surface area contributed by atoms with Gasteiger partial charge in [0.15, 0.2) is 5.16 Å². The second-order valence-corrected chi connectivity index (χ2v) is 8.41. The number of rotatable bonds is 7. The zero-order valence-corrected chi connectivity index (χ0v) is 17.4. The van der Waals surface area contributed by atoms with Gasteiger partial charge in [0.2, 0.25) is 5.91 Å². The lowest BCUT2D eigenvalue weighted by Gasteiger charge is -2.11. The number of nitrogens with zero attached hydrogens (tertiary/aromatic N) is 2. The highest BCUT2D eigenvalue weighted by Crippen LogP contribution is 2.21. The topological polar surface area (TPSA) is 77.1 Å². The van der Waals surface area contributed by atoms with Crippen LogP contribution in [-0.4, -0.2) is 21.2 Å². The first-order valence-electron chi connectivity index (χ1n) is 9.05. The van der Waals surface area contributed by atoms with Gasteiger partial charge in [0.25, 0.3) is 5.56 Å². The Hall–Kier alpha value is -2.84. The predicted molar refractivity (Wildman–Crippen MR) is 115 cm³/mol. The van der Waals surface area contributed by atoms with Gasteiger partial charge >= 0.3 is 0 Å². The number of amides is 1. The molecule has 29 heavy (non-hydrogen) atoms. The molecule has 3 aromatic heterocycles. The van der Waals surface area contributed by atoms with Gasteiger partial charge in [-0.15, -0.1) is 11.3 Å². The number of furan rings is 1. The molecule has 0 radical (unpaired) electrons. The molecule has 0 unspecified atom stereocenters. The van der Waals surface area contributed by atoms with Crippen molar-refractivity contribution in [1.29, 1.82) is 0 Å². The molecule has 0 spiro atoms. The van der Waals surface area contributed by atoms with Crippen molar-refractivity contribution in [2.45, 2.75) is 25.2 Å². The number of aromatic nitrogens is 2. The Morgan fingerprint density at radius 2 is 2.07 bits per heavy atom. The van der Waals surface area contributed by atoms with Crippen LogP contribution in [0.25, 0.3) is 10.2 Å². The fourth-order valence-electron chi connectivity index (χ4n) is 2.82. The number of nitrogens with one attached hydrogen (secondary N) is 1. The van der Waals surface area contributed by atoms with E-state index in [0.717, 1.165) is 5.56 Å². The average molecular weight is 426 g/mol. The van der Waals surface area contributed by atoms with E-state index >= 15 is 0 Å². The fraction of sp³-hybridized carbons (Fsp3) is 0.190. The first-order chi connectivity index (χ1) is 14.1. The lowest BCUT2D eigenvalue weighted by atomic mass is 10.1. The maximum atomic E-state index is 12.9. The third-order valence-corrected chi connectivity index (χ3v) is 6.24. The summed E-state index contributed by atoms with van der Waals surface area (Å²) in [7, 11) is 0. The number of carbonyl (C=O) groups is 1. The number of thiophene rings is 1. The van der Waals surface area contributed by atoms with Crippen LogP contribution >= 0.6 is 23.1 Å². The second-order valence-electron chi connectivity index (χ2n) is 6.55. The summed E-state index contributed by atoms with van der Waals surface area (Å²) in [6.45, 7) is 2.77. The van der Waals surface area contributed by atoms with Crippen molar-refractivity contribution >= 4 is 39.2 Å². The molecule has 0 saturated heterocycles. The molecule has 1 aromatic carbocycles. The summed E-state index contributed by atoms with van der Waals surface area (Å²) in [4.78, 5) is 29.8. The number of carbonyl (C=O) groups excluding carboxylic acids is 1. The Balaban J connectivity index is 1.48. The molecule has 0 aliphatic rings. The zero-order chi connectivity index (χ0) is 20.2. The summed E-state index contributed by atoms with van der Waals surface area (Å²) in [5.74, 6) is 0.724. The van der Waals surface area contributed by atoms with Gasteiger partial charge in [-0.05, 0) is 36.1 Å². The number of hydrogen-bond acceptors (Lipinski definition) is 6. The Bertz CT molecular complexity index is 1180. The van der Waals surface area contributed by atoms with Crippen molar-refractivity contribution in [2.24, 2.45) is 0 Å². The van der Waals surface area contributed by atoms with Crippen LogP contribution in [0.3, 0.4) is 0 Å². The van der Waals surface area contributed by atoms with Crippen LogP contribution in [0.1, 0.15) is 16.9 Å². The van der Waals surface area contributed by atoms with Crippen molar-refractivity contribution < 1.29 is 9.21 Å². The number of hydrogen-bond donors (Lipinski definition) is 1. The summed E-state index contributed by atoms with van der Waals surface area (Å²) < 4.78 is 7.56. The molecule has 0 aliphatic heterocycles. The molecule has 0 aliphatic carbocycles. The van der Waals surface area contributed by atoms with Crippen molar-refractivity contribution in [3.8, 4) is 0 Å². The minimum Gasteiger partial charge on any atom is -0.467 e. The third-order valence-electron chi connectivity index (χ3n) is 4.37. The van der Waals surface area contributed by atoms with Gasteiger partial charge in [0.05, 0.1) is 24.1 Å². The average Bonchev–Trinajstić information content (AvgIpc) is 3.40. The lowest BCUT2D eigenvalue weighted by Crippen LogP contribution is -2.26. The molecule has 0 saturated carbocycles. The number of thioether (sulfide) groups is 1. The number of benzene rings is 1. The van der Waals surface area contributed by atoms with Crippen LogP contribution in [0.2, 0.25) is 0 Å². The largest absolute Gasteiger partial charge is 0.467 e. The van der Waals surface area contributed by atoms with E-state index in [2.05, 4.69) is 10.3 Å². The number of fused-ring (bicyclic) bond motifs is 1. The van der Waals surface area contributed by atoms with Gasteiger partial charge in [-0.25, -0.2) is 4.98 Å². The monoisotopic (exact) mass is 425 g/mol. The minimum absolute atomic E-state index is 0.111. The summed E-state index contributed by atoms with van der Waals surface area (Å²) >= 11 is 2.62. The van der Waals surface area contributed by atoms with E-state index in [0.29, 0.717) is 27.7 Å². The zero-order valence-electron chi connectivity index (χ0n) is 15.8. The maximum absolute atomic E-state index is 12.9. The molecule has 3 heterocycles. The van der Waals surface area contributed by atoms with Gasteiger partial charge < -0.3 is 9.73 Å². The van der Waals surface area contributed by atoms with Crippen molar-refractivity contribution in [3.63, 3.8) is 0 Å². The molecule has 8 heteroatoms. The van der Waals surface area contributed by atoms with Crippen molar-refractivity contribution in [1.82, 2.24) is 14.9 Å². The molecule has 1 N–H and O–H groups in total. The van der Waals surface area contributed by atoms with Crippen LogP contribution in [-0.2, 0) is 17.9 Å². The van der Waals surface area contributed by atoms with Gasteiger partial charge in [-0.1, -0.05) is 41.6 Å². The summed E-state index contributed by atoms with van der Waals surface area (Å²) in [6.07, 6.45) is 1.57. The highest BCUT2D eigenvalue weighted by atomic mass is 32.2. The molecule has 1 amide bonds. The molecule has 148 valence electrons. The Labute approximate surface area is 175 Å². The maximum Gasteiger partial charge on any atom is 0.272 e. The van der Waals surface area contributed by atoms with E-state index < -0.39 is 0 Å². The predicted octanol–water partition coefficient (Wildman–Crippen LogP) is 3.82. The molecule has 0 fully saturated rings. The smallest absolute Gasteiger partial charge is 0.272 e. The third kappa shape index (κ3) is 4.60. The van der Waals surface area contributed by atoms with E-state index in [-0.39, 0.29) is 23.8 Å². The van der Waals surface area contributed by atoms with E-state index in [1.165, 1.54) is 28.7 Å². The van der Waals surface area contributed by atoms with Crippen LogP contribution < -0.4 is 10.9 Å². The van der Waals surface area contributed by atoms with Gasteiger partial charge in [-0.2, -0.15) is 0 Å². The van der Waals surface area contributed by atoms with Gasteiger partial charge in [0, 0.05) is 6.54 Å². The van der Waals surface area contributed by atoms with Gasteiger partial charge in [0.1, 0.15) is 10.5 Å². The van der Waals surface area contributed by atoms with Crippen LogP contribution in [0.4, 0.5) is 0 Å². The first kappa shape index (κ1) is 19.5.